The van der Waals surface area contributed by atoms with E-state index >= 15 is 0 Å². The number of nitrogens with one attached hydrogen (secondary N) is 1. The van der Waals surface area contributed by atoms with Crippen LogP contribution in [0.15, 0.2) is 78.9 Å². The predicted octanol–water partition coefficient (Wildman–Crippen LogP) is 4.49. The molecule has 0 saturated heterocycles. The Morgan fingerprint density at radius 3 is 1.97 bits per heavy atom. The minimum Gasteiger partial charge on any atom is -0.372 e. The van der Waals surface area contributed by atoms with Crippen molar-refractivity contribution in [3.8, 4) is 0 Å². The zero-order valence-electron chi connectivity index (χ0n) is 17.8. The van der Waals surface area contributed by atoms with E-state index in [0.717, 1.165) is 19.6 Å². The van der Waals surface area contributed by atoms with Gasteiger partial charge < -0.3 is 10.2 Å². The van der Waals surface area contributed by atoms with E-state index < -0.39 is 0 Å². The lowest BCUT2D eigenvalue weighted by Crippen LogP contribution is -2.23. The van der Waals surface area contributed by atoms with Crippen LogP contribution in [0.1, 0.15) is 37.9 Å². The van der Waals surface area contributed by atoms with E-state index in [-0.39, 0.29) is 6.04 Å². The van der Waals surface area contributed by atoms with Crippen molar-refractivity contribution in [1.29, 1.82) is 0 Å². The Labute approximate surface area is 175 Å². The summed E-state index contributed by atoms with van der Waals surface area (Å²) < 4.78 is 0. The average Bonchev–Trinajstić information content (AvgIpc) is 2.77. The molecule has 0 aliphatic carbocycles. The second-order valence-corrected chi connectivity index (χ2v) is 7.19. The molecule has 2 nitrogen and oxygen atoms in total. The van der Waals surface area contributed by atoms with Crippen LogP contribution in [0.5, 0.6) is 0 Å². The first-order valence-electron chi connectivity index (χ1n) is 10.7. The zero-order valence-corrected chi connectivity index (χ0v) is 17.8. The standard InChI is InChI=1S/C27H32N2/c1-4-28-27(25-16-18-26(19-17-25)29(5-2)6-3)21-24-14-12-23(13-15-24)20-22-10-8-7-9-11-22/h7-21,27-28H,4-6H2,1-3H3. The van der Waals surface area contributed by atoms with E-state index in [2.05, 4.69) is 116 Å². The van der Waals surface area contributed by atoms with Crippen molar-refractivity contribution in [3.05, 3.63) is 100 Å². The molecule has 29 heavy (non-hydrogen) atoms. The van der Waals surface area contributed by atoms with Gasteiger partial charge in [-0.15, -0.1) is 0 Å². The Balaban J connectivity index is 1.84. The van der Waals surface area contributed by atoms with Crippen LogP contribution in [0, 0.1) is 0 Å². The fourth-order valence-corrected chi connectivity index (χ4v) is 3.61. The van der Waals surface area contributed by atoms with E-state index in [1.54, 1.807) is 0 Å². The summed E-state index contributed by atoms with van der Waals surface area (Å²) in [6, 6.07) is 28.4. The van der Waals surface area contributed by atoms with Gasteiger partial charge in [0.05, 0.1) is 6.04 Å². The van der Waals surface area contributed by atoms with Crippen molar-refractivity contribution in [1.82, 2.24) is 5.32 Å². The highest BCUT2D eigenvalue weighted by Gasteiger charge is 2.08. The lowest BCUT2D eigenvalue weighted by molar-refractivity contribution is 0.672. The molecule has 0 radical (unpaired) electrons. The molecule has 3 aromatic carbocycles. The number of hydrogen-bond acceptors (Lipinski definition) is 2. The van der Waals surface area contributed by atoms with Gasteiger partial charge in [-0.3, -0.25) is 0 Å². The molecule has 0 bridgehead atoms. The van der Waals surface area contributed by atoms with Gasteiger partial charge in [-0.1, -0.05) is 79.7 Å². The molecule has 1 atom stereocenters. The second kappa shape index (κ2) is 10.6. The number of hydrogen-bond donors (Lipinski definition) is 1. The predicted molar refractivity (Wildman–Crippen MR) is 127 cm³/mol. The SMILES string of the molecule is CCNC(C=c1ccc(=Cc2ccccc2)cc1)c1ccc(N(CC)CC)cc1. The Hall–Kier alpha value is -2.84. The number of rotatable bonds is 8. The first-order chi connectivity index (χ1) is 14.2. The maximum atomic E-state index is 3.60. The quantitative estimate of drug-likeness (QED) is 0.615. The first kappa shape index (κ1) is 20.9. The molecule has 1 N–H and O–H groups in total. The number of nitrogens with zero attached hydrogens (tertiary/aromatic N) is 1. The van der Waals surface area contributed by atoms with E-state index in [1.807, 2.05) is 6.07 Å². The van der Waals surface area contributed by atoms with Crippen molar-refractivity contribution in [3.63, 3.8) is 0 Å². The normalized spacial score (nSPS) is 11.7. The fourth-order valence-electron chi connectivity index (χ4n) is 3.61. The molecule has 0 amide bonds. The maximum Gasteiger partial charge on any atom is 0.0515 e. The van der Waals surface area contributed by atoms with Crippen molar-refractivity contribution in [2.24, 2.45) is 0 Å². The monoisotopic (exact) mass is 384 g/mol. The summed E-state index contributed by atoms with van der Waals surface area (Å²) in [4.78, 5) is 2.37. The maximum absolute atomic E-state index is 3.60. The van der Waals surface area contributed by atoms with Gasteiger partial charge in [0.1, 0.15) is 0 Å². The smallest absolute Gasteiger partial charge is 0.0515 e. The van der Waals surface area contributed by atoms with Crippen LogP contribution in [0.2, 0.25) is 0 Å². The van der Waals surface area contributed by atoms with Gasteiger partial charge in [0.15, 0.2) is 0 Å². The summed E-state index contributed by atoms with van der Waals surface area (Å²) in [6.07, 6.45) is 4.51. The Morgan fingerprint density at radius 2 is 1.38 bits per heavy atom. The number of benzene rings is 3. The summed E-state index contributed by atoms with van der Waals surface area (Å²) in [5, 5.41) is 6.05. The molecule has 3 aromatic rings. The van der Waals surface area contributed by atoms with Gasteiger partial charge >= 0.3 is 0 Å². The van der Waals surface area contributed by atoms with Gasteiger partial charge in [0, 0.05) is 18.8 Å². The van der Waals surface area contributed by atoms with Gasteiger partial charge in [-0.05, 0) is 60.2 Å². The van der Waals surface area contributed by atoms with E-state index in [1.165, 1.54) is 27.3 Å². The summed E-state index contributed by atoms with van der Waals surface area (Å²) in [6.45, 7) is 9.55. The topological polar surface area (TPSA) is 15.3 Å². The largest absolute Gasteiger partial charge is 0.372 e. The molecule has 3 rings (SSSR count). The Morgan fingerprint density at radius 1 is 0.759 bits per heavy atom. The fraction of sp³-hybridized carbons (Fsp3) is 0.259. The molecule has 0 fully saturated rings. The van der Waals surface area contributed by atoms with Crippen LogP contribution < -0.4 is 20.7 Å². The molecule has 0 spiro atoms. The molecule has 0 saturated carbocycles. The summed E-state index contributed by atoms with van der Waals surface area (Å²) >= 11 is 0. The second-order valence-electron chi connectivity index (χ2n) is 7.19. The molecule has 0 heterocycles. The number of anilines is 1. The highest BCUT2D eigenvalue weighted by molar-refractivity contribution is 5.51. The van der Waals surface area contributed by atoms with Crippen LogP contribution in [0.25, 0.3) is 12.2 Å². The molecule has 0 aromatic heterocycles. The van der Waals surface area contributed by atoms with Crippen LogP contribution in [-0.2, 0) is 0 Å². The van der Waals surface area contributed by atoms with Crippen LogP contribution >= 0.6 is 0 Å². The Bertz CT molecular complexity index is 963. The van der Waals surface area contributed by atoms with E-state index in [4.69, 9.17) is 0 Å². The van der Waals surface area contributed by atoms with Crippen molar-refractivity contribution >= 4 is 17.8 Å². The minimum absolute atomic E-state index is 0.203. The molecule has 150 valence electrons. The van der Waals surface area contributed by atoms with Crippen molar-refractivity contribution < 1.29 is 0 Å². The summed E-state index contributed by atoms with van der Waals surface area (Å²) in [5.41, 5.74) is 3.81. The van der Waals surface area contributed by atoms with Crippen molar-refractivity contribution in [2.75, 3.05) is 24.5 Å². The molecule has 0 aliphatic heterocycles. The zero-order chi connectivity index (χ0) is 20.5. The minimum atomic E-state index is 0.203. The summed E-state index contributed by atoms with van der Waals surface area (Å²) in [7, 11) is 0. The highest BCUT2D eigenvalue weighted by atomic mass is 15.1. The van der Waals surface area contributed by atoms with Gasteiger partial charge in [-0.25, -0.2) is 0 Å². The van der Waals surface area contributed by atoms with Crippen LogP contribution in [-0.4, -0.2) is 19.6 Å². The summed E-state index contributed by atoms with van der Waals surface area (Å²) in [5.74, 6) is 0. The third-order valence-electron chi connectivity index (χ3n) is 5.23. The molecular weight excluding hydrogens is 352 g/mol. The van der Waals surface area contributed by atoms with E-state index in [9.17, 15) is 0 Å². The third kappa shape index (κ3) is 5.82. The highest BCUT2D eigenvalue weighted by Crippen LogP contribution is 2.20. The lowest BCUT2D eigenvalue weighted by atomic mass is 10.0. The van der Waals surface area contributed by atoms with Crippen molar-refractivity contribution in [2.45, 2.75) is 26.8 Å². The molecular formula is C27H32N2. The van der Waals surface area contributed by atoms with Gasteiger partial charge in [0.2, 0.25) is 0 Å². The third-order valence-corrected chi connectivity index (χ3v) is 5.23. The Kier molecular flexibility index (Phi) is 7.66. The van der Waals surface area contributed by atoms with Crippen LogP contribution in [0.3, 0.4) is 0 Å². The van der Waals surface area contributed by atoms with E-state index in [0.29, 0.717) is 0 Å². The molecule has 2 heteroatoms. The molecule has 0 aliphatic rings. The van der Waals surface area contributed by atoms with Gasteiger partial charge in [-0.2, -0.15) is 0 Å². The first-order valence-corrected chi connectivity index (χ1v) is 10.7. The van der Waals surface area contributed by atoms with Gasteiger partial charge in [0.25, 0.3) is 0 Å². The lowest BCUT2D eigenvalue weighted by Gasteiger charge is -2.22. The average molecular weight is 385 g/mol. The molecule has 1 unspecified atom stereocenters. The van der Waals surface area contributed by atoms with Crippen LogP contribution in [0.4, 0.5) is 5.69 Å².